The summed E-state index contributed by atoms with van der Waals surface area (Å²) in [6.45, 7) is 4.20. The fourth-order valence-electron chi connectivity index (χ4n) is 5.88. The molecule has 9 heteroatoms. The summed E-state index contributed by atoms with van der Waals surface area (Å²) in [6.07, 6.45) is 2.49. The highest BCUT2D eigenvalue weighted by Gasteiger charge is 2.29. The van der Waals surface area contributed by atoms with Crippen molar-refractivity contribution >= 4 is 22.6 Å². The Hall–Kier alpha value is -4.50. The Balaban J connectivity index is 1.29. The minimum absolute atomic E-state index is 0.113. The SMILES string of the molecule is COc1ccc(CC2c3cc(OC)c(OC)cc3CCN2CCCNC(=O)Nc2cc(C)nc3ccccc23)cc1OC. The first-order valence-electron chi connectivity index (χ1n) is 14.5. The monoisotopic (exact) mass is 584 g/mol. The van der Waals surface area contributed by atoms with E-state index in [0.29, 0.717) is 18.0 Å². The standard InChI is InChI=1S/C34H40N4O5/c1-22-17-28(25-9-6-7-10-27(25)36-22)37-34(39)35-14-8-15-38-16-13-24-20-32(42-4)33(43-5)21-26(24)29(38)18-23-11-12-30(40-2)31(19-23)41-3/h6-7,9-12,17,19-21,29H,8,13-16,18H2,1-5H3,(H2,35,36,37,39). The van der Waals surface area contributed by atoms with E-state index in [-0.39, 0.29) is 12.1 Å². The van der Waals surface area contributed by atoms with E-state index >= 15 is 0 Å². The molecule has 0 spiro atoms. The first-order valence-corrected chi connectivity index (χ1v) is 14.5. The number of hydrogen-bond donors (Lipinski definition) is 2. The van der Waals surface area contributed by atoms with E-state index in [1.165, 1.54) is 11.1 Å². The van der Waals surface area contributed by atoms with Gasteiger partial charge in [0, 0.05) is 36.8 Å². The van der Waals surface area contributed by atoms with Crippen molar-refractivity contribution in [2.75, 3.05) is 53.4 Å². The van der Waals surface area contributed by atoms with Gasteiger partial charge in [0.2, 0.25) is 0 Å². The Morgan fingerprint density at radius 3 is 2.40 bits per heavy atom. The largest absolute Gasteiger partial charge is 0.493 e. The molecular weight excluding hydrogens is 544 g/mol. The molecule has 226 valence electrons. The van der Waals surface area contributed by atoms with Crippen molar-refractivity contribution < 1.29 is 23.7 Å². The molecule has 2 N–H and O–H groups in total. The van der Waals surface area contributed by atoms with Crippen LogP contribution in [0.1, 0.15) is 34.8 Å². The van der Waals surface area contributed by atoms with Crippen molar-refractivity contribution in [2.24, 2.45) is 0 Å². The molecule has 9 nitrogen and oxygen atoms in total. The highest BCUT2D eigenvalue weighted by Crippen LogP contribution is 2.40. The number of amides is 2. The maximum atomic E-state index is 12.8. The predicted molar refractivity (Wildman–Crippen MR) is 169 cm³/mol. The van der Waals surface area contributed by atoms with Gasteiger partial charge in [0.25, 0.3) is 0 Å². The first-order chi connectivity index (χ1) is 20.9. The first kappa shape index (κ1) is 30.0. The average Bonchev–Trinajstić information content (AvgIpc) is 3.02. The Morgan fingerprint density at radius 1 is 0.907 bits per heavy atom. The quantitative estimate of drug-likeness (QED) is 0.211. The number of ether oxygens (including phenoxy) is 4. The van der Waals surface area contributed by atoms with Gasteiger partial charge >= 0.3 is 6.03 Å². The number of para-hydroxylation sites is 1. The maximum Gasteiger partial charge on any atom is 0.319 e. The number of fused-ring (bicyclic) bond motifs is 2. The molecule has 2 heterocycles. The summed E-state index contributed by atoms with van der Waals surface area (Å²) in [7, 11) is 6.64. The minimum Gasteiger partial charge on any atom is -0.493 e. The number of aryl methyl sites for hydroxylation is 1. The molecule has 1 aliphatic heterocycles. The third-order valence-electron chi connectivity index (χ3n) is 7.99. The van der Waals surface area contributed by atoms with Crippen molar-refractivity contribution in [1.82, 2.24) is 15.2 Å². The summed E-state index contributed by atoms with van der Waals surface area (Å²) in [5.74, 6) is 2.88. The number of rotatable bonds is 11. The predicted octanol–water partition coefficient (Wildman–Crippen LogP) is 5.93. The Morgan fingerprint density at radius 2 is 1.63 bits per heavy atom. The lowest BCUT2D eigenvalue weighted by molar-refractivity contribution is 0.180. The van der Waals surface area contributed by atoms with Crippen LogP contribution in [0.15, 0.2) is 60.7 Å². The topological polar surface area (TPSA) is 94.2 Å². The zero-order valence-corrected chi connectivity index (χ0v) is 25.5. The number of aromatic nitrogens is 1. The van der Waals surface area contributed by atoms with Gasteiger partial charge in [-0.3, -0.25) is 9.88 Å². The second kappa shape index (κ2) is 13.6. The summed E-state index contributed by atoms with van der Waals surface area (Å²) in [4.78, 5) is 19.9. The zero-order chi connectivity index (χ0) is 30.3. The second-order valence-electron chi connectivity index (χ2n) is 10.7. The number of nitrogens with one attached hydrogen (secondary N) is 2. The third kappa shape index (κ3) is 6.78. The molecular formula is C34H40N4O5. The summed E-state index contributed by atoms with van der Waals surface area (Å²) in [5, 5.41) is 6.96. The van der Waals surface area contributed by atoms with Crippen LogP contribution in [0.3, 0.4) is 0 Å². The lowest BCUT2D eigenvalue weighted by Gasteiger charge is -2.38. The van der Waals surface area contributed by atoms with Gasteiger partial charge in [-0.1, -0.05) is 24.3 Å². The van der Waals surface area contributed by atoms with Crippen molar-refractivity contribution in [1.29, 1.82) is 0 Å². The highest BCUT2D eigenvalue weighted by atomic mass is 16.5. The van der Waals surface area contributed by atoms with Crippen LogP contribution < -0.4 is 29.6 Å². The maximum absolute atomic E-state index is 12.8. The number of urea groups is 1. The van der Waals surface area contributed by atoms with Gasteiger partial charge < -0.3 is 29.6 Å². The number of carbonyl (C=O) groups excluding carboxylic acids is 1. The fourth-order valence-corrected chi connectivity index (χ4v) is 5.88. The van der Waals surface area contributed by atoms with Gasteiger partial charge in [-0.2, -0.15) is 0 Å². The molecule has 1 atom stereocenters. The van der Waals surface area contributed by atoms with Crippen LogP contribution in [-0.4, -0.2) is 64.0 Å². The molecule has 2 amide bonds. The van der Waals surface area contributed by atoms with Crippen molar-refractivity contribution in [3.8, 4) is 23.0 Å². The van der Waals surface area contributed by atoms with Gasteiger partial charge in [-0.05, 0) is 79.3 Å². The summed E-state index contributed by atoms with van der Waals surface area (Å²) < 4.78 is 22.3. The molecule has 3 aromatic carbocycles. The van der Waals surface area contributed by atoms with Crippen molar-refractivity contribution in [2.45, 2.75) is 32.2 Å². The van der Waals surface area contributed by atoms with Gasteiger partial charge in [-0.25, -0.2) is 4.79 Å². The Labute approximate surface area is 253 Å². The molecule has 43 heavy (non-hydrogen) atoms. The van der Waals surface area contributed by atoms with E-state index in [9.17, 15) is 4.79 Å². The normalized spacial score (nSPS) is 14.6. The molecule has 1 aromatic heterocycles. The van der Waals surface area contributed by atoms with Crippen LogP contribution in [0.5, 0.6) is 23.0 Å². The van der Waals surface area contributed by atoms with E-state index < -0.39 is 0 Å². The summed E-state index contributed by atoms with van der Waals surface area (Å²) >= 11 is 0. The van der Waals surface area contributed by atoms with Crippen LogP contribution in [-0.2, 0) is 12.8 Å². The number of anilines is 1. The molecule has 0 saturated heterocycles. The zero-order valence-electron chi connectivity index (χ0n) is 25.5. The molecule has 0 saturated carbocycles. The average molecular weight is 585 g/mol. The number of benzene rings is 3. The Kier molecular flexibility index (Phi) is 9.51. The molecule has 5 rings (SSSR count). The number of nitrogens with zero attached hydrogens (tertiary/aromatic N) is 2. The molecule has 4 aromatic rings. The highest BCUT2D eigenvalue weighted by molar-refractivity contribution is 6.00. The molecule has 1 aliphatic rings. The minimum atomic E-state index is -0.224. The second-order valence-corrected chi connectivity index (χ2v) is 10.7. The van der Waals surface area contributed by atoms with Crippen LogP contribution in [0.25, 0.3) is 10.9 Å². The molecule has 0 bridgehead atoms. The number of methoxy groups -OCH3 is 4. The van der Waals surface area contributed by atoms with Gasteiger partial charge in [0.1, 0.15) is 0 Å². The van der Waals surface area contributed by atoms with E-state index in [2.05, 4.69) is 38.7 Å². The van der Waals surface area contributed by atoms with Crippen LogP contribution >= 0.6 is 0 Å². The number of pyridine rings is 1. The number of hydrogen-bond acceptors (Lipinski definition) is 7. The van der Waals surface area contributed by atoms with Crippen molar-refractivity contribution in [3.05, 3.63) is 83.0 Å². The van der Waals surface area contributed by atoms with E-state index in [4.69, 9.17) is 18.9 Å². The molecule has 0 aliphatic carbocycles. The summed E-state index contributed by atoms with van der Waals surface area (Å²) in [6, 6.07) is 19.9. The molecule has 0 radical (unpaired) electrons. The van der Waals surface area contributed by atoms with Gasteiger partial charge in [-0.15, -0.1) is 0 Å². The number of carbonyl (C=O) groups is 1. The van der Waals surface area contributed by atoms with E-state index in [0.717, 1.165) is 71.7 Å². The summed E-state index contributed by atoms with van der Waals surface area (Å²) in [5.41, 5.74) is 6.11. The van der Waals surface area contributed by atoms with Crippen LogP contribution in [0.2, 0.25) is 0 Å². The molecule has 1 unspecified atom stereocenters. The fraction of sp³-hybridized carbons (Fsp3) is 0.353. The third-order valence-corrected chi connectivity index (χ3v) is 7.99. The van der Waals surface area contributed by atoms with Gasteiger partial charge in [0.15, 0.2) is 23.0 Å². The lowest BCUT2D eigenvalue weighted by Crippen LogP contribution is -2.39. The van der Waals surface area contributed by atoms with E-state index in [1.807, 2.05) is 49.4 Å². The van der Waals surface area contributed by atoms with Crippen LogP contribution in [0.4, 0.5) is 10.5 Å². The van der Waals surface area contributed by atoms with Crippen LogP contribution in [0, 0.1) is 6.92 Å². The van der Waals surface area contributed by atoms with E-state index in [1.54, 1.807) is 28.4 Å². The Bertz CT molecular complexity index is 1590. The smallest absolute Gasteiger partial charge is 0.319 e. The van der Waals surface area contributed by atoms with Gasteiger partial charge in [0.05, 0.1) is 39.6 Å². The molecule has 0 fully saturated rings. The van der Waals surface area contributed by atoms with Crippen molar-refractivity contribution in [3.63, 3.8) is 0 Å². The lowest BCUT2D eigenvalue weighted by atomic mass is 9.88.